The van der Waals surface area contributed by atoms with E-state index in [1.807, 2.05) is 0 Å². The van der Waals surface area contributed by atoms with Crippen LogP contribution in [0.3, 0.4) is 0 Å². The third-order valence-corrected chi connectivity index (χ3v) is 4.78. The Morgan fingerprint density at radius 2 is 2.15 bits per heavy atom. The van der Waals surface area contributed by atoms with Crippen LogP contribution in [0.2, 0.25) is 0 Å². The largest absolute Gasteiger partial charge is 0.510 e. The van der Waals surface area contributed by atoms with Crippen molar-refractivity contribution in [1.29, 1.82) is 0 Å². The number of nitrogens with one attached hydrogen (secondary N) is 2. The fourth-order valence-corrected chi connectivity index (χ4v) is 3.58. The Hall–Kier alpha value is -2.33. The van der Waals surface area contributed by atoms with Gasteiger partial charge in [-0.15, -0.1) is 0 Å². The van der Waals surface area contributed by atoms with Crippen molar-refractivity contribution < 1.29 is 33.7 Å². The van der Waals surface area contributed by atoms with E-state index in [0.717, 1.165) is 0 Å². The molecule has 2 heterocycles. The predicted molar refractivity (Wildman–Crippen MR) is 96.0 cm³/mol. The lowest BCUT2D eigenvalue weighted by Gasteiger charge is -2.30. The van der Waals surface area contributed by atoms with Gasteiger partial charge in [0.05, 0.1) is 18.3 Å². The van der Waals surface area contributed by atoms with Crippen molar-refractivity contribution >= 4 is 39.8 Å². The fraction of sp³-hybridized carbons (Fsp3) is 0.471. The molecule has 2 amide bonds. The summed E-state index contributed by atoms with van der Waals surface area (Å²) in [6.45, 7) is 4.43. The van der Waals surface area contributed by atoms with E-state index in [2.05, 4.69) is 26.6 Å². The van der Waals surface area contributed by atoms with Crippen molar-refractivity contribution in [3.05, 3.63) is 28.2 Å². The molecule has 10 heteroatoms. The van der Waals surface area contributed by atoms with Crippen LogP contribution >= 0.6 is 15.9 Å². The first-order chi connectivity index (χ1) is 12.6. The average Bonchev–Trinajstić information content (AvgIpc) is 3.04. The molecule has 3 atom stereocenters. The SMILES string of the molecule is CC(C)(C)OC(=O)N[C@H](CO)[C@H]1OC(=O)O[C@]12C(=O)Nc1c(Br)cccc12. The molecule has 146 valence electrons. The summed E-state index contributed by atoms with van der Waals surface area (Å²) in [5, 5.41) is 14.9. The molecule has 0 bridgehead atoms. The molecule has 2 aliphatic heterocycles. The number of hydrogen-bond acceptors (Lipinski definition) is 7. The van der Waals surface area contributed by atoms with Gasteiger partial charge >= 0.3 is 12.2 Å². The highest BCUT2D eigenvalue weighted by Gasteiger charge is 2.65. The maximum atomic E-state index is 12.8. The lowest BCUT2D eigenvalue weighted by atomic mass is 9.85. The Morgan fingerprint density at radius 1 is 1.44 bits per heavy atom. The van der Waals surface area contributed by atoms with Gasteiger partial charge in [0.25, 0.3) is 11.5 Å². The maximum Gasteiger partial charge on any atom is 0.510 e. The molecule has 9 nitrogen and oxygen atoms in total. The van der Waals surface area contributed by atoms with Crippen molar-refractivity contribution in [1.82, 2.24) is 5.32 Å². The van der Waals surface area contributed by atoms with E-state index < -0.39 is 48.1 Å². The minimum atomic E-state index is -1.83. The van der Waals surface area contributed by atoms with E-state index in [4.69, 9.17) is 14.2 Å². The minimum absolute atomic E-state index is 0.363. The average molecular weight is 443 g/mol. The van der Waals surface area contributed by atoms with Crippen LogP contribution in [0.25, 0.3) is 0 Å². The molecule has 0 saturated carbocycles. The summed E-state index contributed by atoms with van der Waals surface area (Å²) in [5.41, 5.74) is -1.81. The number of amides is 2. The standard InChI is InChI=1S/C17H19BrN2O7/c1-16(2,3)26-14(23)19-10(7-21)12-17(27-15(24)25-12)8-5-4-6-9(18)11(8)20-13(17)22/h4-6,10,12,21H,7H2,1-3H3,(H,19,23)(H,20,22)/t10-,12-,17+/m1/s1. The summed E-state index contributed by atoms with van der Waals surface area (Å²) in [5.74, 6) is -0.635. The van der Waals surface area contributed by atoms with E-state index in [1.54, 1.807) is 39.0 Å². The first-order valence-corrected chi connectivity index (χ1v) is 8.98. The number of carbonyl (C=O) groups excluding carboxylic acids is 3. The minimum Gasteiger partial charge on any atom is -0.444 e. The second-order valence-corrected chi connectivity index (χ2v) is 8.03. The van der Waals surface area contributed by atoms with Gasteiger partial charge < -0.3 is 30.0 Å². The van der Waals surface area contributed by atoms with E-state index in [1.165, 1.54) is 0 Å². The Labute approximate surface area is 163 Å². The van der Waals surface area contributed by atoms with Gasteiger partial charge in [-0.05, 0) is 42.8 Å². The first kappa shape index (κ1) is 19.4. The molecule has 0 aromatic heterocycles. The Morgan fingerprint density at radius 3 is 2.78 bits per heavy atom. The molecule has 0 aliphatic carbocycles. The van der Waals surface area contributed by atoms with Gasteiger partial charge in [0, 0.05) is 10.0 Å². The summed E-state index contributed by atoms with van der Waals surface area (Å²) < 4.78 is 16.2. The smallest absolute Gasteiger partial charge is 0.444 e. The van der Waals surface area contributed by atoms with Crippen molar-refractivity contribution in [2.45, 2.75) is 44.1 Å². The number of para-hydroxylation sites is 1. The Bertz CT molecular complexity index is 807. The fourth-order valence-electron chi connectivity index (χ4n) is 3.11. The van der Waals surface area contributed by atoms with Gasteiger partial charge in [-0.1, -0.05) is 12.1 Å². The molecule has 0 unspecified atom stereocenters. The molecular weight excluding hydrogens is 424 g/mol. The lowest BCUT2D eigenvalue weighted by Crippen LogP contribution is -2.56. The molecule has 3 N–H and O–H groups in total. The zero-order valence-corrected chi connectivity index (χ0v) is 16.5. The normalized spacial score (nSPS) is 24.7. The summed E-state index contributed by atoms with van der Waals surface area (Å²) >= 11 is 3.33. The van der Waals surface area contributed by atoms with Crippen LogP contribution in [0.15, 0.2) is 22.7 Å². The molecule has 1 saturated heterocycles. The zero-order chi connectivity index (χ0) is 20.0. The van der Waals surface area contributed by atoms with Crippen molar-refractivity contribution in [2.24, 2.45) is 0 Å². The highest BCUT2D eigenvalue weighted by Crippen LogP contribution is 2.49. The summed E-state index contributed by atoms with van der Waals surface area (Å²) in [4.78, 5) is 36.8. The second kappa shape index (κ2) is 6.68. The highest BCUT2D eigenvalue weighted by atomic mass is 79.9. The number of alkyl carbamates (subject to hydrolysis) is 1. The molecule has 27 heavy (non-hydrogen) atoms. The van der Waals surface area contributed by atoms with Gasteiger partial charge in [0.2, 0.25) is 0 Å². The molecule has 3 rings (SSSR count). The number of ether oxygens (including phenoxy) is 3. The number of rotatable bonds is 3. The van der Waals surface area contributed by atoms with Gasteiger partial charge in [0.1, 0.15) is 5.60 Å². The van der Waals surface area contributed by atoms with Crippen molar-refractivity contribution in [3.8, 4) is 0 Å². The second-order valence-electron chi connectivity index (χ2n) is 7.18. The maximum absolute atomic E-state index is 12.8. The number of cyclic esters (lactones) is 1. The zero-order valence-electron chi connectivity index (χ0n) is 14.9. The predicted octanol–water partition coefficient (Wildman–Crippen LogP) is 2.02. The van der Waals surface area contributed by atoms with Crippen molar-refractivity contribution in [3.63, 3.8) is 0 Å². The Balaban J connectivity index is 1.97. The van der Waals surface area contributed by atoms with Gasteiger partial charge in [-0.25, -0.2) is 9.59 Å². The number of carbonyl (C=O) groups is 3. The van der Waals surface area contributed by atoms with Crippen LogP contribution in [0, 0.1) is 0 Å². The molecule has 1 fully saturated rings. The molecule has 2 aliphatic rings. The first-order valence-electron chi connectivity index (χ1n) is 8.19. The van der Waals surface area contributed by atoms with Gasteiger partial charge in [-0.2, -0.15) is 0 Å². The number of aliphatic hydroxyl groups is 1. The molecule has 1 aromatic carbocycles. The number of aliphatic hydroxyl groups excluding tert-OH is 1. The van der Waals surface area contributed by atoms with Crippen LogP contribution in [0.4, 0.5) is 15.3 Å². The van der Waals surface area contributed by atoms with Gasteiger partial charge in [0.15, 0.2) is 6.10 Å². The number of halogens is 1. The molecule has 1 spiro atoms. The van der Waals surface area contributed by atoms with Crippen LogP contribution in [-0.4, -0.2) is 47.6 Å². The van der Waals surface area contributed by atoms with E-state index in [0.29, 0.717) is 15.7 Å². The quantitative estimate of drug-likeness (QED) is 0.611. The monoisotopic (exact) mass is 442 g/mol. The van der Waals surface area contributed by atoms with E-state index >= 15 is 0 Å². The van der Waals surface area contributed by atoms with Crippen LogP contribution in [0.5, 0.6) is 0 Å². The van der Waals surface area contributed by atoms with Crippen LogP contribution in [0.1, 0.15) is 26.3 Å². The van der Waals surface area contributed by atoms with Gasteiger partial charge in [-0.3, -0.25) is 4.79 Å². The van der Waals surface area contributed by atoms with Crippen LogP contribution < -0.4 is 10.6 Å². The summed E-state index contributed by atoms with van der Waals surface area (Å²) in [6, 6.07) is 3.85. The van der Waals surface area contributed by atoms with E-state index in [9.17, 15) is 19.5 Å². The van der Waals surface area contributed by atoms with E-state index in [-0.39, 0.29) is 0 Å². The lowest BCUT2D eigenvalue weighted by molar-refractivity contribution is -0.135. The number of hydrogen-bond donors (Lipinski definition) is 3. The van der Waals surface area contributed by atoms with Crippen molar-refractivity contribution in [2.75, 3.05) is 11.9 Å². The number of fused-ring (bicyclic) bond motifs is 2. The molecule has 0 radical (unpaired) electrons. The third-order valence-electron chi connectivity index (χ3n) is 4.12. The third kappa shape index (κ3) is 3.34. The highest BCUT2D eigenvalue weighted by molar-refractivity contribution is 9.10. The van der Waals surface area contributed by atoms with Crippen LogP contribution in [-0.2, 0) is 24.6 Å². The Kier molecular flexibility index (Phi) is 4.81. The summed E-state index contributed by atoms with van der Waals surface area (Å²) in [6.07, 6.45) is -3.20. The summed E-state index contributed by atoms with van der Waals surface area (Å²) in [7, 11) is 0. The molecule has 1 aromatic rings. The topological polar surface area (TPSA) is 123 Å². The number of benzene rings is 1. The number of anilines is 1. The molecular formula is C17H19BrN2O7.